The average molecular weight is 240 g/mol. The lowest BCUT2D eigenvalue weighted by atomic mass is 9.82. The second kappa shape index (κ2) is 5.38. The molecule has 0 aromatic heterocycles. The zero-order chi connectivity index (χ0) is 13.1. The van der Waals surface area contributed by atoms with Crippen LogP contribution in [-0.2, 0) is 4.79 Å². The largest absolute Gasteiger partial charge is 0.354 e. The van der Waals surface area contributed by atoms with Crippen LogP contribution in [0.5, 0.6) is 0 Å². The standard InChI is InChI=1S/C14H28N2O/c1-5-14(8-6-7-9-14)10-16-12(17)11(15)13(2,3)4/h11H,5-10,15H2,1-4H3,(H,16,17). The van der Waals surface area contributed by atoms with E-state index in [0.29, 0.717) is 5.41 Å². The summed E-state index contributed by atoms with van der Waals surface area (Å²) in [6.45, 7) is 9.03. The van der Waals surface area contributed by atoms with Crippen LogP contribution < -0.4 is 11.1 Å². The number of rotatable bonds is 4. The summed E-state index contributed by atoms with van der Waals surface area (Å²) in [6, 6.07) is -0.419. The van der Waals surface area contributed by atoms with Crippen molar-refractivity contribution in [2.45, 2.75) is 65.8 Å². The summed E-state index contributed by atoms with van der Waals surface area (Å²) in [4.78, 5) is 12.0. The van der Waals surface area contributed by atoms with Crippen molar-refractivity contribution in [2.75, 3.05) is 6.54 Å². The van der Waals surface area contributed by atoms with E-state index in [1.807, 2.05) is 20.8 Å². The van der Waals surface area contributed by atoms with E-state index in [2.05, 4.69) is 12.2 Å². The van der Waals surface area contributed by atoms with Gasteiger partial charge in [-0.25, -0.2) is 0 Å². The molecular weight excluding hydrogens is 212 g/mol. The highest BCUT2D eigenvalue weighted by Gasteiger charge is 2.34. The fourth-order valence-electron chi connectivity index (χ4n) is 2.56. The molecule has 1 rings (SSSR count). The van der Waals surface area contributed by atoms with Crippen molar-refractivity contribution in [3.05, 3.63) is 0 Å². The summed E-state index contributed by atoms with van der Waals surface area (Å²) in [5.41, 5.74) is 6.12. The maximum absolute atomic E-state index is 12.0. The predicted molar refractivity (Wildman–Crippen MR) is 71.6 cm³/mol. The summed E-state index contributed by atoms with van der Waals surface area (Å²) in [7, 11) is 0. The zero-order valence-corrected chi connectivity index (χ0v) is 11.8. The van der Waals surface area contributed by atoms with Crippen LogP contribution in [0.25, 0.3) is 0 Å². The molecule has 0 aliphatic heterocycles. The molecule has 1 aliphatic carbocycles. The van der Waals surface area contributed by atoms with Gasteiger partial charge in [-0.2, -0.15) is 0 Å². The summed E-state index contributed by atoms with van der Waals surface area (Å²) in [5, 5.41) is 3.06. The van der Waals surface area contributed by atoms with E-state index in [4.69, 9.17) is 5.73 Å². The number of hydrogen-bond donors (Lipinski definition) is 2. The van der Waals surface area contributed by atoms with Crippen LogP contribution in [0.4, 0.5) is 0 Å². The van der Waals surface area contributed by atoms with Crippen molar-refractivity contribution in [1.82, 2.24) is 5.32 Å². The van der Waals surface area contributed by atoms with Crippen LogP contribution in [-0.4, -0.2) is 18.5 Å². The third-order valence-electron chi connectivity index (χ3n) is 4.27. The first-order chi connectivity index (χ1) is 7.81. The molecule has 0 bridgehead atoms. The van der Waals surface area contributed by atoms with Crippen LogP contribution in [0.2, 0.25) is 0 Å². The van der Waals surface area contributed by atoms with E-state index in [1.54, 1.807) is 0 Å². The van der Waals surface area contributed by atoms with Gasteiger partial charge in [0.25, 0.3) is 0 Å². The maximum Gasteiger partial charge on any atom is 0.237 e. The Kier molecular flexibility index (Phi) is 4.59. The number of hydrogen-bond acceptors (Lipinski definition) is 2. The number of nitrogens with two attached hydrogens (primary N) is 1. The molecule has 3 heteroatoms. The Morgan fingerprint density at radius 1 is 1.35 bits per heavy atom. The maximum atomic E-state index is 12.0. The number of carbonyl (C=O) groups excluding carboxylic acids is 1. The van der Waals surface area contributed by atoms with Crippen molar-refractivity contribution in [1.29, 1.82) is 0 Å². The molecule has 0 aromatic carbocycles. The number of amides is 1. The van der Waals surface area contributed by atoms with E-state index in [1.165, 1.54) is 25.7 Å². The van der Waals surface area contributed by atoms with Gasteiger partial charge in [-0.05, 0) is 30.1 Å². The van der Waals surface area contributed by atoms with Crippen molar-refractivity contribution in [3.63, 3.8) is 0 Å². The molecule has 17 heavy (non-hydrogen) atoms. The van der Waals surface area contributed by atoms with Crippen LogP contribution >= 0.6 is 0 Å². The predicted octanol–water partition coefficient (Wildman–Crippen LogP) is 2.45. The molecule has 3 nitrogen and oxygen atoms in total. The van der Waals surface area contributed by atoms with Gasteiger partial charge in [-0.15, -0.1) is 0 Å². The Bertz CT molecular complexity index is 262. The molecule has 3 N–H and O–H groups in total. The van der Waals surface area contributed by atoms with Crippen LogP contribution in [0.1, 0.15) is 59.8 Å². The number of nitrogens with one attached hydrogen (secondary N) is 1. The summed E-state index contributed by atoms with van der Waals surface area (Å²) in [5.74, 6) is -0.00257. The van der Waals surface area contributed by atoms with Gasteiger partial charge in [-0.1, -0.05) is 40.5 Å². The van der Waals surface area contributed by atoms with Gasteiger partial charge in [-0.3, -0.25) is 4.79 Å². The minimum Gasteiger partial charge on any atom is -0.354 e. The molecule has 1 fully saturated rings. The Morgan fingerprint density at radius 3 is 2.29 bits per heavy atom. The van der Waals surface area contributed by atoms with Crippen LogP contribution in [0, 0.1) is 10.8 Å². The van der Waals surface area contributed by atoms with Gasteiger partial charge in [0.1, 0.15) is 0 Å². The highest BCUT2D eigenvalue weighted by molar-refractivity contribution is 5.82. The van der Waals surface area contributed by atoms with Gasteiger partial charge in [0.15, 0.2) is 0 Å². The third kappa shape index (κ3) is 3.70. The molecule has 1 amide bonds. The average Bonchev–Trinajstić information content (AvgIpc) is 2.73. The summed E-state index contributed by atoms with van der Waals surface area (Å²) in [6.07, 6.45) is 6.24. The van der Waals surface area contributed by atoms with Gasteiger partial charge >= 0.3 is 0 Å². The van der Waals surface area contributed by atoms with Crippen molar-refractivity contribution in [3.8, 4) is 0 Å². The first kappa shape index (κ1) is 14.5. The fraction of sp³-hybridized carbons (Fsp3) is 0.929. The Hall–Kier alpha value is -0.570. The third-order valence-corrected chi connectivity index (χ3v) is 4.27. The minimum absolute atomic E-state index is 0.00257. The first-order valence-corrected chi connectivity index (χ1v) is 6.84. The molecule has 0 heterocycles. The van der Waals surface area contributed by atoms with E-state index < -0.39 is 6.04 Å². The molecule has 1 aliphatic rings. The monoisotopic (exact) mass is 240 g/mol. The fourth-order valence-corrected chi connectivity index (χ4v) is 2.56. The second-order valence-electron chi connectivity index (χ2n) is 6.62. The van der Waals surface area contributed by atoms with E-state index >= 15 is 0 Å². The lowest BCUT2D eigenvalue weighted by Gasteiger charge is -2.31. The van der Waals surface area contributed by atoms with Crippen molar-refractivity contribution in [2.24, 2.45) is 16.6 Å². The highest BCUT2D eigenvalue weighted by Crippen LogP contribution is 2.40. The molecule has 100 valence electrons. The SMILES string of the molecule is CCC1(CNC(=O)C(N)C(C)(C)C)CCCC1. The van der Waals surface area contributed by atoms with E-state index in [0.717, 1.165) is 13.0 Å². The van der Waals surface area contributed by atoms with Crippen LogP contribution in [0.3, 0.4) is 0 Å². The highest BCUT2D eigenvalue weighted by atomic mass is 16.2. The van der Waals surface area contributed by atoms with Gasteiger partial charge in [0, 0.05) is 6.54 Å². The quantitative estimate of drug-likeness (QED) is 0.793. The minimum atomic E-state index is -0.419. The van der Waals surface area contributed by atoms with Gasteiger partial charge in [0.05, 0.1) is 6.04 Å². The molecular formula is C14H28N2O. The lowest BCUT2D eigenvalue weighted by Crippen LogP contribution is -2.50. The van der Waals surface area contributed by atoms with E-state index in [9.17, 15) is 4.79 Å². The smallest absolute Gasteiger partial charge is 0.237 e. The summed E-state index contributed by atoms with van der Waals surface area (Å²) < 4.78 is 0. The van der Waals surface area contributed by atoms with Gasteiger partial charge in [0.2, 0.25) is 5.91 Å². The molecule has 1 atom stereocenters. The lowest BCUT2D eigenvalue weighted by molar-refractivity contribution is -0.125. The Balaban J connectivity index is 2.47. The Labute approximate surface area is 106 Å². The first-order valence-electron chi connectivity index (χ1n) is 6.84. The van der Waals surface area contributed by atoms with E-state index in [-0.39, 0.29) is 11.3 Å². The van der Waals surface area contributed by atoms with Crippen LogP contribution in [0.15, 0.2) is 0 Å². The molecule has 0 saturated heterocycles. The Morgan fingerprint density at radius 2 is 1.88 bits per heavy atom. The normalized spacial score (nSPS) is 21.2. The number of carbonyl (C=O) groups is 1. The molecule has 1 saturated carbocycles. The van der Waals surface area contributed by atoms with Crippen molar-refractivity contribution >= 4 is 5.91 Å². The molecule has 0 spiro atoms. The molecule has 0 radical (unpaired) electrons. The molecule has 1 unspecified atom stereocenters. The molecule has 0 aromatic rings. The zero-order valence-electron chi connectivity index (χ0n) is 11.8. The summed E-state index contributed by atoms with van der Waals surface area (Å²) >= 11 is 0. The van der Waals surface area contributed by atoms with Gasteiger partial charge < -0.3 is 11.1 Å². The topological polar surface area (TPSA) is 55.1 Å². The second-order valence-corrected chi connectivity index (χ2v) is 6.62. The van der Waals surface area contributed by atoms with Crippen molar-refractivity contribution < 1.29 is 4.79 Å².